The van der Waals surface area contributed by atoms with Crippen molar-refractivity contribution in [2.45, 2.75) is 32.7 Å². The molecule has 2 N–H and O–H groups in total. The van der Waals surface area contributed by atoms with Crippen molar-refractivity contribution >= 4 is 17.5 Å². The first kappa shape index (κ1) is 22.1. The summed E-state index contributed by atoms with van der Waals surface area (Å²) in [6, 6.07) is 23.7. The first-order chi connectivity index (χ1) is 15.1. The summed E-state index contributed by atoms with van der Waals surface area (Å²) in [7, 11) is 0. The van der Waals surface area contributed by atoms with Crippen molar-refractivity contribution in [2.24, 2.45) is 0 Å². The Bertz CT molecular complexity index is 1020. The van der Waals surface area contributed by atoms with Gasteiger partial charge in [-0.3, -0.25) is 9.59 Å². The summed E-state index contributed by atoms with van der Waals surface area (Å²) in [5, 5.41) is 5.86. The number of unbranched alkanes of at least 4 members (excludes halogenated alkanes) is 1. The number of rotatable bonds is 9. The molecular formula is C26H28N2O3. The highest BCUT2D eigenvalue weighted by Gasteiger charge is 2.15. The molecule has 1 unspecified atom stereocenters. The van der Waals surface area contributed by atoms with Gasteiger partial charge in [0.1, 0.15) is 5.75 Å². The minimum atomic E-state index is -0.276. The van der Waals surface area contributed by atoms with E-state index in [0.717, 1.165) is 18.4 Å². The van der Waals surface area contributed by atoms with Gasteiger partial charge in [0.15, 0.2) is 0 Å². The number of para-hydroxylation sites is 1. The predicted octanol–water partition coefficient (Wildman–Crippen LogP) is 5.61. The quantitative estimate of drug-likeness (QED) is 0.446. The number of hydrogen-bond acceptors (Lipinski definition) is 3. The van der Waals surface area contributed by atoms with E-state index < -0.39 is 0 Å². The van der Waals surface area contributed by atoms with Crippen LogP contribution in [0.15, 0.2) is 78.9 Å². The molecule has 0 spiro atoms. The summed E-state index contributed by atoms with van der Waals surface area (Å²) in [5.74, 6) is 0.0806. The Morgan fingerprint density at radius 1 is 0.903 bits per heavy atom. The minimum absolute atomic E-state index is 0.126. The Morgan fingerprint density at radius 3 is 2.42 bits per heavy atom. The van der Waals surface area contributed by atoms with Gasteiger partial charge in [0, 0.05) is 11.3 Å². The maximum Gasteiger partial charge on any atom is 0.259 e. The van der Waals surface area contributed by atoms with Gasteiger partial charge in [-0.05, 0) is 49.2 Å². The lowest BCUT2D eigenvalue weighted by Crippen LogP contribution is -2.26. The Morgan fingerprint density at radius 2 is 1.65 bits per heavy atom. The number of benzene rings is 3. The molecule has 3 rings (SSSR count). The van der Waals surface area contributed by atoms with E-state index in [2.05, 4.69) is 17.6 Å². The third kappa shape index (κ3) is 6.19. The van der Waals surface area contributed by atoms with Crippen LogP contribution in [0.25, 0.3) is 0 Å². The van der Waals surface area contributed by atoms with Gasteiger partial charge in [0.25, 0.3) is 11.8 Å². The van der Waals surface area contributed by atoms with Crippen LogP contribution in [0.4, 0.5) is 5.69 Å². The molecule has 31 heavy (non-hydrogen) atoms. The molecule has 0 saturated carbocycles. The fourth-order valence-corrected chi connectivity index (χ4v) is 3.15. The van der Waals surface area contributed by atoms with Crippen molar-refractivity contribution in [2.75, 3.05) is 11.9 Å². The molecule has 0 aromatic heterocycles. The Labute approximate surface area is 183 Å². The lowest BCUT2D eigenvalue weighted by molar-refractivity contribution is 0.0938. The topological polar surface area (TPSA) is 67.4 Å². The number of anilines is 1. The van der Waals surface area contributed by atoms with Crippen LogP contribution in [-0.4, -0.2) is 18.4 Å². The molecule has 1 atom stereocenters. The van der Waals surface area contributed by atoms with E-state index in [1.807, 2.05) is 43.3 Å². The van der Waals surface area contributed by atoms with Crippen molar-refractivity contribution < 1.29 is 14.3 Å². The lowest BCUT2D eigenvalue weighted by Gasteiger charge is -2.15. The third-order valence-corrected chi connectivity index (χ3v) is 4.92. The monoisotopic (exact) mass is 416 g/mol. The molecule has 0 heterocycles. The summed E-state index contributed by atoms with van der Waals surface area (Å²) < 4.78 is 5.76. The second kappa shape index (κ2) is 11.0. The summed E-state index contributed by atoms with van der Waals surface area (Å²) >= 11 is 0. The molecule has 160 valence electrons. The minimum Gasteiger partial charge on any atom is -0.493 e. The molecule has 0 saturated heterocycles. The maximum absolute atomic E-state index is 12.8. The van der Waals surface area contributed by atoms with Crippen LogP contribution in [0, 0.1) is 0 Å². The van der Waals surface area contributed by atoms with Crippen molar-refractivity contribution in [1.29, 1.82) is 0 Å². The van der Waals surface area contributed by atoms with Crippen molar-refractivity contribution in [3.63, 3.8) is 0 Å². The number of nitrogens with one attached hydrogen (secondary N) is 2. The summed E-state index contributed by atoms with van der Waals surface area (Å²) in [4.78, 5) is 25.5. The Hall–Kier alpha value is -3.60. The van der Waals surface area contributed by atoms with Crippen LogP contribution in [-0.2, 0) is 0 Å². The smallest absolute Gasteiger partial charge is 0.259 e. The van der Waals surface area contributed by atoms with E-state index in [-0.39, 0.29) is 17.9 Å². The zero-order valence-electron chi connectivity index (χ0n) is 17.9. The highest BCUT2D eigenvalue weighted by molar-refractivity contribution is 6.06. The lowest BCUT2D eigenvalue weighted by atomic mass is 10.1. The molecule has 0 aliphatic rings. The average Bonchev–Trinajstić information content (AvgIpc) is 2.80. The fourth-order valence-electron chi connectivity index (χ4n) is 3.15. The molecule has 5 heteroatoms. The molecule has 5 nitrogen and oxygen atoms in total. The first-order valence-corrected chi connectivity index (χ1v) is 10.6. The van der Waals surface area contributed by atoms with Crippen LogP contribution >= 0.6 is 0 Å². The standard InChI is InChI=1S/C26H28N2O3/c1-3-4-17-31-24-16-9-8-15-23(24)26(30)28-22-14-10-13-21(18-22)25(29)27-19(2)20-11-6-5-7-12-20/h5-16,18-19H,3-4,17H2,1-2H3,(H,27,29)(H,28,30). The second-order valence-corrected chi connectivity index (χ2v) is 7.34. The van der Waals surface area contributed by atoms with Crippen molar-refractivity contribution in [1.82, 2.24) is 5.32 Å². The van der Waals surface area contributed by atoms with Crippen molar-refractivity contribution in [3.8, 4) is 5.75 Å². The number of amides is 2. The first-order valence-electron chi connectivity index (χ1n) is 10.6. The summed E-state index contributed by atoms with van der Waals surface area (Å²) in [5.41, 5.74) is 2.52. The largest absolute Gasteiger partial charge is 0.493 e. The summed E-state index contributed by atoms with van der Waals surface area (Å²) in [6.45, 7) is 4.59. The molecule has 0 radical (unpaired) electrons. The van der Waals surface area contributed by atoms with Crippen LogP contribution in [0.5, 0.6) is 5.75 Å². The van der Waals surface area contributed by atoms with Gasteiger partial charge >= 0.3 is 0 Å². The van der Waals surface area contributed by atoms with E-state index in [4.69, 9.17) is 4.74 Å². The number of carbonyl (C=O) groups excluding carboxylic acids is 2. The van der Waals surface area contributed by atoms with E-state index in [9.17, 15) is 9.59 Å². The Balaban J connectivity index is 1.68. The Kier molecular flexibility index (Phi) is 7.82. The molecule has 0 aliphatic carbocycles. The molecule has 3 aromatic rings. The van der Waals surface area contributed by atoms with E-state index in [0.29, 0.717) is 29.2 Å². The molecule has 0 fully saturated rings. The van der Waals surface area contributed by atoms with E-state index in [1.165, 1.54) is 0 Å². The molecular weight excluding hydrogens is 388 g/mol. The van der Waals surface area contributed by atoms with E-state index in [1.54, 1.807) is 42.5 Å². The zero-order valence-corrected chi connectivity index (χ0v) is 17.9. The fraction of sp³-hybridized carbons (Fsp3) is 0.231. The highest BCUT2D eigenvalue weighted by Crippen LogP contribution is 2.21. The highest BCUT2D eigenvalue weighted by atomic mass is 16.5. The summed E-state index contributed by atoms with van der Waals surface area (Å²) in [6.07, 6.45) is 1.95. The number of hydrogen-bond donors (Lipinski definition) is 2. The van der Waals surface area contributed by atoms with E-state index >= 15 is 0 Å². The van der Waals surface area contributed by atoms with Gasteiger partial charge in [-0.2, -0.15) is 0 Å². The molecule has 3 aromatic carbocycles. The predicted molar refractivity (Wildman–Crippen MR) is 124 cm³/mol. The van der Waals surface area contributed by atoms with Crippen LogP contribution in [0.2, 0.25) is 0 Å². The van der Waals surface area contributed by atoms with Gasteiger partial charge in [0.2, 0.25) is 0 Å². The normalized spacial score (nSPS) is 11.4. The zero-order chi connectivity index (χ0) is 22.1. The van der Waals surface area contributed by atoms with Gasteiger partial charge in [-0.25, -0.2) is 0 Å². The van der Waals surface area contributed by atoms with Crippen LogP contribution in [0.1, 0.15) is 59.0 Å². The third-order valence-electron chi connectivity index (χ3n) is 4.92. The second-order valence-electron chi connectivity index (χ2n) is 7.34. The maximum atomic E-state index is 12.8. The number of ether oxygens (including phenoxy) is 1. The average molecular weight is 417 g/mol. The SMILES string of the molecule is CCCCOc1ccccc1C(=O)Nc1cccc(C(=O)NC(C)c2ccccc2)c1. The van der Waals surface area contributed by atoms with Crippen LogP contribution in [0.3, 0.4) is 0 Å². The number of carbonyl (C=O) groups is 2. The molecule has 2 amide bonds. The van der Waals surface area contributed by atoms with Crippen LogP contribution < -0.4 is 15.4 Å². The van der Waals surface area contributed by atoms with Gasteiger partial charge < -0.3 is 15.4 Å². The molecule has 0 bridgehead atoms. The molecule has 0 aliphatic heterocycles. The van der Waals surface area contributed by atoms with Crippen molar-refractivity contribution in [3.05, 3.63) is 95.6 Å². The van der Waals surface area contributed by atoms with Gasteiger partial charge in [0.05, 0.1) is 18.2 Å². The van der Waals surface area contributed by atoms with Gasteiger partial charge in [-0.1, -0.05) is 61.9 Å². The van der Waals surface area contributed by atoms with Gasteiger partial charge in [-0.15, -0.1) is 0 Å².